The molecule has 36 heavy (non-hydrogen) atoms. The lowest BCUT2D eigenvalue weighted by Gasteiger charge is -2.38. The van der Waals surface area contributed by atoms with Gasteiger partial charge in [-0.15, -0.1) is 0 Å². The van der Waals surface area contributed by atoms with Crippen LogP contribution in [0.4, 0.5) is 5.69 Å². The lowest BCUT2D eigenvalue weighted by Crippen LogP contribution is -2.50. The Morgan fingerprint density at radius 3 is 2.39 bits per heavy atom. The second-order valence-corrected chi connectivity index (χ2v) is 13.0. The predicted octanol–water partition coefficient (Wildman–Crippen LogP) is 1.91. The third-order valence-corrected chi connectivity index (χ3v) is 8.93. The highest BCUT2D eigenvalue weighted by Gasteiger charge is 2.35. The van der Waals surface area contributed by atoms with Crippen LogP contribution in [0.2, 0.25) is 0 Å². The van der Waals surface area contributed by atoms with Crippen LogP contribution in [0.15, 0.2) is 47.4 Å². The molecule has 198 valence electrons. The molecule has 3 atom stereocenters. The summed E-state index contributed by atoms with van der Waals surface area (Å²) in [6.45, 7) is 5.28. The molecular formula is C24H33N3O7S2. The molecule has 0 bridgehead atoms. The summed E-state index contributed by atoms with van der Waals surface area (Å²) >= 11 is 0. The average Bonchev–Trinajstić information content (AvgIpc) is 2.80. The first-order valence-corrected chi connectivity index (χ1v) is 14.8. The van der Waals surface area contributed by atoms with E-state index in [2.05, 4.69) is 4.72 Å². The van der Waals surface area contributed by atoms with E-state index in [9.17, 15) is 26.7 Å². The maximum absolute atomic E-state index is 13.5. The number of rotatable bonds is 8. The lowest BCUT2D eigenvalue weighted by atomic mass is 9.99. The molecule has 0 radical (unpaired) electrons. The number of para-hydroxylation sites is 1. The number of aryl methyl sites for hydroxylation is 1. The highest BCUT2D eigenvalue weighted by Crippen LogP contribution is 2.36. The fraction of sp³-hybridized carbons (Fsp3) is 0.458. The van der Waals surface area contributed by atoms with Crippen molar-refractivity contribution in [2.45, 2.75) is 37.8 Å². The zero-order valence-corrected chi connectivity index (χ0v) is 22.6. The van der Waals surface area contributed by atoms with Crippen molar-refractivity contribution in [1.29, 1.82) is 0 Å². The van der Waals surface area contributed by atoms with Crippen molar-refractivity contribution in [3.63, 3.8) is 0 Å². The highest BCUT2D eigenvalue weighted by molar-refractivity contribution is 7.92. The van der Waals surface area contributed by atoms with Crippen LogP contribution in [0.3, 0.4) is 0 Å². The van der Waals surface area contributed by atoms with Gasteiger partial charge in [-0.05, 0) is 38.1 Å². The van der Waals surface area contributed by atoms with E-state index < -0.39 is 38.1 Å². The van der Waals surface area contributed by atoms with E-state index >= 15 is 0 Å². The summed E-state index contributed by atoms with van der Waals surface area (Å²) < 4.78 is 60.4. The molecule has 1 heterocycles. The van der Waals surface area contributed by atoms with Gasteiger partial charge in [-0.25, -0.2) is 21.1 Å². The Labute approximate surface area is 213 Å². The Balaban J connectivity index is 2.11. The molecule has 0 spiro atoms. The molecule has 1 aliphatic heterocycles. The third kappa shape index (κ3) is 6.17. The summed E-state index contributed by atoms with van der Waals surface area (Å²) in [6, 6.07) is 10.3. The van der Waals surface area contributed by atoms with Gasteiger partial charge in [0.1, 0.15) is 6.10 Å². The number of aliphatic hydroxyl groups excluding tert-OH is 1. The van der Waals surface area contributed by atoms with Crippen LogP contribution in [0.25, 0.3) is 0 Å². The molecule has 10 nitrogen and oxygen atoms in total. The van der Waals surface area contributed by atoms with E-state index in [0.717, 1.165) is 16.1 Å². The van der Waals surface area contributed by atoms with E-state index in [4.69, 9.17) is 4.74 Å². The number of sulfonamides is 2. The quantitative estimate of drug-likeness (QED) is 0.523. The fourth-order valence-corrected chi connectivity index (χ4v) is 5.33. The Morgan fingerprint density at radius 1 is 1.17 bits per heavy atom. The monoisotopic (exact) mass is 539 g/mol. The van der Waals surface area contributed by atoms with E-state index in [-0.39, 0.29) is 47.5 Å². The van der Waals surface area contributed by atoms with Gasteiger partial charge < -0.3 is 14.7 Å². The van der Waals surface area contributed by atoms with Crippen molar-refractivity contribution in [1.82, 2.24) is 9.21 Å². The number of likely N-dealkylation sites (N-methyl/N-ethyl adjacent to an activating group) is 1. The summed E-state index contributed by atoms with van der Waals surface area (Å²) in [5, 5.41) is 9.77. The first-order valence-electron chi connectivity index (χ1n) is 11.5. The molecule has 0 saturated heterocycles. The van der Waals surface area contributed by atoms with Crippen LogP contribution < -0.4 is 9.46 Å². The Bertz CT molecular complexity index is 1310. The molecule has 2 aromatic carbocycles. The zero-order chi connectivity index (χ0) is 26.8. The van der Waals surface area contributed by atoms with Crippen molar-refractivity contribution in [3.8, 4) is 5.75 Å². The highest BCUT2D eigenvalue weighted by atomic mass is 32.2. The van der Waals surface area contributed by atoms with Crippen LogP contribution in [0, 0.1) is 12.8 Å². The molecule has 1 aliphatic rings. The number of fused-ring (bicyclic) bond motifs is 1. The number of carbonyl (C=O) groups is 1. The molecule has 2 N–H and O–H groups in total. The standard InChI is InChI=1S/C24H33N3O7S2/c1-16-9-11-19(12-10-16)36(32,33)25-21-8-6-7-20-23(21)34-22(14-26(4)35(5,30)31)17(2)13-27(24(20)29)18(3)15-28/h6-12,17-18,22,25,28H,13-15H2,1-5H3/t17-,18+,22+/m0/s1. The van der Waals surface area contributed by atoms with Crippen molar-refractivity contribution < 1.29 is 31.5 Å². The molecule has 2 aromatic rings. The number of aliphatic hydroxyl groups is 1. The molecule has 0 aliphatic carbocycles. The van der Waals surface area contributed by atoms with Gasteiger partial charge in [0, 0.05) is 19.5 Å². The maximum atomic E-state index is 13.5. The van der Waals surface area contributed by atoms with Crippen molar-refractivity contribution >= 4 is 31.6 Å². The molecule has 0 fully saturated rings. The molecule has 3 rings (SSSR count). The van der Waals surface area contributed by atoms with E-state index in [1.165, 1.54) is 42.3 Å². The van der Waals surface area contributed by atoms with Gasteiger partial charge in [-0.2, -0.15) is 0 Å². The van der Waals surface area contributed by atoms with Gasteiger partial charge in [-0.1, -0.05) is 30.7 Å². The Morgan fingerprint density at radius 2 is 1.81 bits per heavy atom. The number of hydrogen-bond acceptors (Lipinski definition) is 7. The topological polar surface area (TPSA) is 133 Å². The lowest BCUT2D eigenvalue weighted by molar-refractivity contribution is 0.0389. The van der Waals surface area contributed by atoms with Gasteiger partial charge >= 0.3 is 0 Å². The summed E-state index contributed by atoms with van der Waals surface area (Å²) in [6.07, 6.45) is 0.370. The number of ether oxygens (including phenoxy) is 1. The molecule has 1 amide bonds. The minimum atomic E-state index is -4.02. The molecule has 0 saturated carbocycles. The number of nitrogens with zero attached hydrogens (tertiary/aromatic N) is 2. The number of hydrogen-bond donors (Lipinski definition) is 2. The van der Waals surface area contributed by atoms with Crippen LogP contribution in [-0.2, 0) is 20.0 Å². The van der Waals surface area contributed by atoms with Crippen LogP contribution in [0.1, 0.15) is 29.8 Å². The smallest absolute Gasteiger partial charge is 0.262 e. The number of nitrogens with one attached hydrogen (secondary N) is 1. The number of benzene rings is 2. The molecule has 0 unspecified atom stereocenters. The third-order valence-electron chi connectivity index (χ3n) is 6.27. The average molecular weight is 540 g/mol. The first-order chi connectivity index (χ1) is 16.7. The molecule has 0 aromatic heterocycles. The summed E-state index contributed by atoms with van der Waals surface area (Å²) in [7, 11) is -6.11. The normalized spacial score (nSPS) is 19.8. The predicted molar refractivity (Wildman–Crippen MR) is 137 cm³/mol. The number of amides is 1. The number of anilines is 1. The summed E-state index contributed by atoms with van der Waals surface area (Å²) in [5.41, 5.74) is 1.06. The maximum Gasteiger partial charge on any atom is 0.262 e. The van der Waals surface area contributed by atoms with Crippen LogP contribution in [-0.4, -0.2) is 82.2 Å². The van der Waals surface area contributed by atoms with E-state index in [1.54, 1.807) is 19.1 Å². The summed E-state index contributed by atoms with van der Waals surface area (Å²) in [5.74, 6) is -0.765. The number of carbonyl (C=O) groups excluding carboxylic acids is 1. The van der Waals surface area contributed by atoms with E-state index in [1.807, 2.05) is 13.8 Å². The van der Waals surface area contributed by atoms with Gasteiger partial charge in [0.25, 0.3) is 15.9 Å². The van der Waals surface area contributed by atoms with Crippen molar-refractivity contribution in [2.75, 3.05) is 37.7 Å². The van der Waals surface area contributed by atoms with Gasteiger partial charge in [0.15, 0.2) is 5.75 Å². The van der Waals surface area contributed by atoms with Crippen molar-refractivity contribution in [2.24, 2.45) is 5.92 Å². The zero-order valence-electron chi connectivity index (χ0n) is 21.0. The summed E-state index contributed by atoms with van der Waals surface area (Å²) in [4.78, 5) is 15.0. The molecular weight excluding hydrogens is 506 g/mol. The SMILES string of the molecule is Cc1ccc(S(=O)(=O)Nc2cccc3c2O[C@H](CN(C)S(C)(=O)=O)[C@@H](C)CN([C@H](C)CO)C3=O)cc1. The van der Waals surface area contributed by atoms with Crippen LogP contribution >= 0.6 is 0 Å². The van der Waals surface area contributed by atoms with Gasteiger partial charge in [-0.3, -0.25) is 9.52 Å². The van der Waals surface area contributed by atoms with E-state index in [0.29, 0.717) is 0 Å². The first kappa shape index (κ1) is 27.9. The van der Waals surface area contributed by atoms with Gasteiger partial charge in [0.2, 0.25) is 10.0 Å². The molecule has 12 heteroatoms. The second-order valence-electron chi connectivity index (χ2n) is 9.27. The van der Waals surface area contributed by atoms with Gasteiger partial charge in [0.05, 0.1) is 41.6 Å². The Kier molecular flexibility index (Phi) is 8.33. The second kappa shape index (κ2) is 10.8. The van der Waals surface area contributed by atoms with Crippen LogP contribution in [0.5, 0.6) is 5.75 Å². The largest absolute Gasteiger partial charge is 0.486 e. The minimum absolute atomic E-state index is 0.00628. The van der Waals surface area contributed by atoms with Crippen molar-refractivity contribution in [3.05, 3.63) is 53.6 Å². The minimum Gasteiger partial charge on any atom is -0.486 e. The Hall–Kier alpha value is -2.67. The fourth-order valence-electron chi connectivity index (χ4n) is 3.85.